The van der Waals surface area contributed by atoms with Gasteiger partial charge in [0.25, 0.3) is 0 Å². The summed E-state index contributed by atoms with van der Waals surface area (Å²) in [7, 11) is 1.77. The molecule has 0 aliphatic carbocycles. The van der Waals surface area contributed by atoms with E-state index in [1.165, 1.54) is 33.1 Å². The Morgan fingerprint density at radius 2 is 1.72 bits per heavy atom. The van der Waals surface area contributed by atoms with E-state index >= 15 is 0 Å². The molecule has 150 valence electrons. The lowest BCUT2D eigenvalue weighted by Gasteiger charge is -2.13. The highest BCUT2D eigenvalue weighted by Gasteiger charge is 2.19. The Kier molecular flexibility index (Phi) is 5.59. The minimum atomic E-state index is 0.459. The van der Waals surface area contributed by atoms with Crippen LogP contribution in [-0.4, -0.2) is 18.6 Å². The Bertz CT molecular complexity index is 1140. The Labute approximate surface area is 172 Å². The van der Waals surface area contributed by atoms with Crippen LogP contribution < -0.4 is 10.5 Å². The number of rotatable bonds is 7. The molecule has 0 bridgehead atoms. The average Bonchev–Trinajstić information content (AvgIpc) is 3.11. The molecule has 3 aromatic carbocycles. The number of methoxy groups -OCH3 is 1. The Hall–Kier alpha value is -2.78. The molecule has 0 saturated heterocycles. The van der Waals surface area contributed by atoms with E-state index in [2.05, 4.69) is 73.4 Å². The summed E-state index contributed by atoms with van der Waals surface area (Å²) >= 11 is 0. The first kappa shape index (κ1) is 19.5. The highest BCUT2D eigenvalue weighted by atomic mass is 16.5. The molecule has 3 heteroatoms. The van der Waals surface area contributed by atoms with Crippen molar-refractivity contribution < 1.29 is 4.74 Å². The number of fused-ring (bicyclic) bond motifs is 2. The molecular formula is C26H30N2O. The van der Waals surface area contributed by atoms with Gasteiger partial charge in [-0.15, -0.1) is 0 Å². The number of hydrogen-bond donors (Lipinski definition) is 2. The molecule has 0 amide bonds. The first-order chi connectivity index (χ1) is 14.2. The van der Waals surface area contributed by atoms with E-state index in [9.17, 15) is 0 Å². The number of ether oxygens (including phenoxy) is 1. The molecule has 1 heterocycles. The van der Waals surface area contributed by atoms with Crippen molar-refractivity contribution in [1.82, 2.24) is 4.98 Å². The number of unbranched alkanes of at least 4 members (excludes halogenated alkanes) is 1. The van der Waals surface area contributed by atoms with Crippen LogP contribution in [0.2, 0.25) is 0 Å². The number of para-hydroxylation sites is 1. The molecule has 0 fully saturated rings. The summed E-state index contributed by atoms with van der Waals surface area (Å²) in [5.74, 6) is 1.39. The van der Waals surface area contributed by atoms with Gasteiger partial charge < -0.3 is 15.5 Å². The van der Waals surface area contributed by atoms with Crippen LogP contribution in [0.5, 0.6) is 5.75 Å². The van der Waals surface area contributed by atoms with Crippen LogP contribution in [0.15, 0.2) is 54.6 Å². The van der Waals surface area contributed by atoms with Gasteiger partial charge in [-0.05, 0) is 54.3 Å². The molecule has 0 aliphatic heterocycles. The maximum Gasteiger partial charge on any atom is 0.136 e. The van der Waals surface area contributed by atoms with Gasteiger partial charge in [0.2, 0.25) is 0 Å². The van der Waals surface area contributed by atoms with Gasteiger partial charge in [-0.25, -0.2) is 0 Å². The van der Waals surface area contributed by atoms with Gasteiger partial charge in [0.05, 0.1) is 12.8 Å². The molecule has 4 aromatic rings. The van der Waals surface area contributed by atoms with E-state index in [0.29, 0.717) is 5.92 Å². The minimum Gasteiger partial charge on any atom is -0.495 e. The predicted molar refractivity (Wildman–Crippen MR) is 124 cm³/mol. The normalized spacial score (nSPS) is 11.6. The number of nitrogens with two attached hydrogens (primary N) is 1. The fourth-order valence-corrected chi connectivity index (χ4v) is 4.37. The molecular weight excluding hydrogens is 356 g/mol. The number of aryl methyl sites for hydroxylation is 1. The molecule has 0 radical (unpaired) electrons. The van der Waals surface area contributed by atoms with Crippen molar-refractivity contribution in [3.63, 3.8) is 0 Å². The van der Waals surface area contributed by atoms with Crippen LogP contribution >= 0.6 is 0 Å². The average molecular weight is 387 g/mol. The van der Waals surface area contributed by atoms with E-state index < -0.39 is 0 Å². The van der Waals surface area contributed by atoms with Gasteiger partial charge in [-0.1, -0.05) is 62.4 Å². The monoisotopic (exact) mass is 386 g/mol. The zero-order chi connectivity index (χ0) is 20.4. The van der Waals surface area contributed by atoms with Crippen LogP contribution in [0, 0.1) is 0 Å². The van der Waals surface area contributed by atoms with Gasteiger partial charge in [-0.3, -0.25) is 0 Å². The Morgan fingerprint density at radius 1 is 0.931 bits per heavy atom. The molecule has 29 heavy (non-hydrogen) atoms. The van der Waals surface area contributed by atoms with Gasteiger partial charge in [0.1, 0.15) is 5.75 Å². The Morgan fingerprint density at radius 3 is 2.48 bits per heavy atom. The van der Waals surface area contributed by atoms with E-state index in [0.717, 1.165) is 42.5 Å². The summed E-state index contributed by atoms with van der Waals surface area (Å²) < 4.78 is 5.93. The molecule has 0 spiro atoms. The summed E-state index contributed by atoms with van der Waals surface area (Å²) in [5, 5.41) is 3.65. The fourth-order valence-electron chi connectivity index (χ4n) is 4.37. The summed E-state index contributed by atoms with van der Waals surface area (Å²) in [4.78, 5) is 3.79. The zero-order valence-electron chi connectivity index (χ0n) is 17.6. The molecule has 0 aliphatic rings. The summed E-state index contributed by atoms with van der Waals surface area (Å²) in [6, 6.07) is 19.4. The molecule has 0 saturated carbocycles. The molecule has 4 rings (SSSR count). The van der Waals surface area contributed by atoms with E-state index in [4.69, 9.17) is 10.5 Å². The summed E-state index contributed by atoms with van der Waals surface area (Å²) in [6.07, 6.45) is 3.12. The summed E-state index contributed by atoms with van der Waals surface area (Å²) in [6.45, 7) is 5.23. The van der Waals surface area contributed by atoms with E-state index in [1.807, 2.05) is 0 Å². The smallest absolute Gasteiger partial charge is 0.136 e. The third kappa shape index (κ3) is 3.51. The highest BCUT2D eigenvalue weighted by Crippen LogP contribution is 2.41. The SMILES string of the molecule is COc1c(-c2[nH]c3c(C(C)C)cccc3c2CCCCN)ccc2ccccc12. The predicted octanol–water partition coefficient (Wildman–Crippen LogP) is 6.40. The quantitative estimate of drug-likeness (QED) is 0.361. The first-order valence-electron chi connectivity index (χ1n) is 10.5. The van der Waals surface area contributed by atoms with Gasteiger partial charge >= 0.3 is 0 Å². The molecule has 0 atom stereocenters. The second-order valence-electron chi connectivity index (χ2n) is 8.02. The number of aromatic nitrogens is 1. The lowest BCUT2D eigenvalue weighted by Crippen LogP contribution is -1.99. The van der Waals surface area contributed by atoms with Crippen molar-refractivity contribution in [2.75, 3.05) is 13.7 Å². The molecule has 1 aromatic heterocycles. The zero-order valence-corrected chi connectivity index (χ0v) is 17.6. The number of benzene rings is 3. The van der Waals surface area contributed by atoms with E-state index in [1.54, 1.807) is 7.11 Å². The number of nitrogens with one attached hydrogen (secondary N) is 1. The van der Waals surface area contributed by atoms with Gasteiger partial charge in [-0.2, -0.15) is 0 Å². The lowest BCUT2D eigenvalue weighted by atomic mass is 9.95. The summed E-state index contributed by atoms with van der Waals surface area (Å²) in [5.41, 5.74) is 12.0. The van der Waals surface area contributed by atoms with Gasteiger partial charge in [0, 0.05) is 21.9 Å². The lowest BCUT2D eigenvalue weighted by molar-refractivity contribution is 0.421. The maximum atomic E-state index is 5.93. The van der Waals surface area contributed by atoms with Crippen molar-refractivity contribution in [1.29, 1.82) is 0 Å². The second-order valence-corrected chi connectivity index (χ2v) is 8.02. The van der Waals surface area contributed by atoms with Crippen LogP contribution in [0.1, 0.15) is 43.7 Å². The van der Waals surface area contributed by atoms with Crippen molar-refractivity contribution in [3.8, 4) is 17.0 Å². The fraction of sp³-hybridized carbons (Fsp3) is 0.308. The number of hydrogen-bond acceptors (Lipinski definition) is 2. The number of H-pyrrole nitrogens is 1. The van der Waals surface area contributed by atoms with E-state index in [-0.39, 0.29) is 0 Å². The van der Waals surface area contributed by atoms with Crippen molar-refractivity contribution in [2.45, 2.75) is 39.0 Å². The van der Waals surface area contributed by atoms with Crippen molar-refractivity contribution in [2.24, 2.45) is 5.73 Å². The first-order valence-corrected chi connectivity index (χ1v) is 10.5. The third-order valence-corrected chi connectivity index (χ3v) is 5.83. The second kappa shape index (κ2) is 8.30. The topological polar surface area (TPSA) is 51.0 Å². The number of aromatic amines is 1. The van der Waals surface area contributed by atoms with Crippen LogP contribution in [0.4, 0.5) is 0 Å². The Balaban J connectivity index is 1.98. The third-order valence-electron chi connectivity index (χ3n) is 5.83. The van der Waals surface area contributed by atoms with Crippen molar-refractivity contribution in [3.05, 3.63) is 65.7 Å². The molecule has 0 unspecified atom stereocenters. The largest absolute Gasteiger partial charge is 0.495 e. The van der Waals surface area contributed by atoms with Gasteiger partial charge in [0.15, 0.2) is 0 Å². The van der Waals surface area contributed by atoms with Crippen molar-refractivity contribution >= 4 is 21.7 Å². The highest BCUT2D eigenvalue weighted by molar-refractivity contribution is 5.99. The minimum absolute atomic E-state index is 0.459. The van der Waals surface area contributed by atoms with Crippen LogP contribution in [-0.2, 0) is 6.42 Å². The standard InChI is InChI=1S/C26H30N2O/c1-17(2)19-12-8-13-22-21(11-6-7-16-27)25(28-24(19)22)23-15-14-18-9-4-5-10-20(18)26(23)29-3/h4-5,8-10,12-15,17,28H,6-7,11,16,27H2,1-3H3. The van der Waals surface area contributed by atoms with Crippen LogP contribution in [0.25, 0.3) is 32.9 Å². The molecule has 3 N–H and O–H groups in total. The van der Waals surface area contributed by atoms with Crippen LogP contribution in [0.3, 0.4) is 0 Å². The molecule has 3 nitrogen and oxygen atoms in total. The maximum absolute atomic E-state index is 5.93.